The summed E-state index contributed by atoms with van der Waals surface area (Å²) in [6.45, 7) is 1.97. The van der Waals surface area contributed by atoms with Crippen LogP contribution in [0.4, 0.5) is 0 Å². The van der Waals surface area contributed by atoms with Crippen molar-refractivity contribution in [1.82, 2.24) is 9.78 Å². The number of aryl methyl sites for hydroxylation is 2. The summed E-state index contributed by atoms with van der Waals surface area (Å²) in [5.74, 6) is 0. The SMILES string of the molecule is Cc1[c-]n(C)nc1.[W]. The molecule has 1 aromatic heterocycles. The van der Waals surface area contributed by atoms with Gasteiger partial charge in [-0.2, -0.15) is 5.56 Å². The van der Waals surface area contributed by atoms with Gasteiger partial charge in [0.2, 0.25) is 0 Å². The summed E-state index contributed by atoms with van der Waals surface area (Å²) in [6.07, 6.45) is 4.72. The standard InChI is InChI=1S/C5H7N2.W/c1-5-3-6-7(2)4-5;/h3H,1-2H3;/q-1;. The second kappa shape index (κ2) is 3.03. The third-order valence-corrected chi connectivity index (χ3v) is 0.763. The van der Waals surface area contributed by atoms with Crippen LogP contribution in [0.3, 0.4) is 0 Å². The van der Waals surface area contributed by atoms with E-state index in [2.05, 4.69) is 11.3 Å². The molecule has 0 radical (unpaired) electrons. The van der Waals surface area contributed by atoms with Crippen LogP contribution in [0, 0.1) is 13.1 Å². The third-order valence-electron chi connectivity index (χ3n) is 0.763. The molecule has 44 valence electrons. The molecule has 0 aliphatic rings. The van der Waals surface area contributed by atoms with Gasteiger partial charge in [0, 0.05) is 28.1 Å². The van der Waals surface area contributed by atoms with E-state index in [-0.39, 0.29) is 21.1 Å². The Morgan fingerprint density at radius 2 is 2.38 bits per heavy atom. The number of aromatic nitrogens is 2. The smallest absolute Gasteiger partial charge is 0.00775 e. The van der Waals surface area contributed by atoms with Gasteiger partial charge in [-0.15, -0.1) is 12.4 Å². The van der Waals surface area contributed by atoms with Crippen molar-refractivity contribution in [1.29, 1.82) is 0 Å². The molecule has 0 aliphatic carbocycles. The predicted molar refractivity (Wildman–Crippen MR) is 26.8 cm³/mol. The molecule has 1 aromatic rings. The van der Waals surface area contributed by atoms with Crippen LogP contribution in [0.5, 0.6) is 0 Å². The van der Waals surface area contributed by atoms with Crippen LogP contribution in [0.1, 0.15) is 5.56 Å². The molecular weight excluding hydrogens is 272 g/mol. The molecule has 0 bridgehead atoms. The van der Waals surface area contributed by atoms with Crippen LogP contribution in [0.25, 0.3) is 0 Å². The Morgan fingerprint density at radius 3 is 2.50 bits per heavy atom. The number of nitrogens with zero attached hydrogens (tertiary/aromatic N) is 2. The Hall–Kier alpha value is -0.102. The molecule has 1 heterocycles. The third kappa shape index (κ3) is 1.79. The van der Waals surface area contributed by atoms with Gasteiger partial charge < -0.3 is 4.68 Å². The van der Waals surface area contributed by atoms with E-state index in [9.17, 15) is 0 Å². The Labute approximate surface area is 63.2 Å². The number of hydrogen-bond donors (Lipinski definition) is 0. The van der Waals surface area contributed by atoms with Gasteiger partial charge in [0.25, 0.3) is 0 Å². The van der Waals surface area contributed by atoms with Gasteiger partial charge in [-0.05, 0) is 0 Å². The van der Waals surface area contributed by atoms with E-state index in [1.165, 1.54) is 0 Å². The normalized spacial score (nSPS) is 8.25. The van der Waals surface area contributed by atoms with Gasteiger partial charge in [0.05, 0.1) is 0 Å². The second-order valence-corrected chi connectivity index (χ2v) is 1.56. The molecule has 0 amide bonds. The van der Waals surface area contributed by atoms with E-state index >= 15 is 0 Å². The van der Waals surface area contributed by atoms with Crippen molar-refractivity contribution in [3.05, 3.63) is 18.0 Å². The van der Waals surface area contributed by atoms with Gasteiger partial charge in [-0.3, -0.25) is 5.10 Å². The summed E-state index contributed by atoms with van der Waals surface area (Å²) in [5, 5.41) is 3.88. The van der Waals surface area contributed by atoms with E-state index in [0.717, 1.165) is 5.56 Å². The second-order valence-electron chi connectivity index (χ2n) is 1.56. The first kappa shape index (κ1) is 7.90. The van der Waals surface area contributed by atoms with Crippen molar-refractivity contribution in [2.24, 2.45) is 7.05 Å². The summed E-state index contributed by atoms with van der Waals surface area (Å²) in [6, 6.07) is 0. The van der Waals surface area contributed by atoms with E-state index in [0.29, 0.717) is 0 Å². The minimum Gasteiger partial charge on any atom is -0.379 e. The zero-order valence-corrected chi connectivity index (χ0v) is 7.81. The molecule has 0 unspecified atom stereocenters. The molecule has 0 aliphatic heterocycles. The summed E-state index contributed by atoms with van der Waals surface area (Å²) in [7, 11) is 1.85. The van der Waals surface area contributed by atoms with Crippen LogP contribution in [0.2, 0.25) is 0 Å². The van der Waals surface area contributed by atoms with Gasteiger partial charge in [0.1, 0.15) is 0 Å². The molecule has 3 heteroatoms. The maximum atomic E-state index is 3.88. The first-order valence-corrected chi connectivity index (χ1v) is 2.17. The maximum Gasteiger partial charge on any atom is 0.00775 e. The van der Waals surface area contributed by atoms with Crippen molar-refractivity contribution in [3.8, 4) is 0 Å². The van der Waals surface area contributed by atoms with Crippen LogP contribution < -0.4 is 0 Å². The molecule has 0 fully saturated rings. The van der Waals surface area contributed by atoms with Crippen molar-refractivity contribution in [2.45, 2.75) is 6.92 Å². The molecule has 0 atom stereocenters. The molecule has 0 aromatic carbocycles. The molecule has 0 N–H and O–H groups in total. The summed E-state index contributed by atoms with van der Waals surface area (Å²) in [5.41, 5.74) is 1.09. The summed E-state index contributed by atoms with van der Waals surface area (Å²) >= 11 is 0. The zero-order valence-electron chi connectivity index (χ0n) is 4.88. The topological polar surface area (TPSA) is 17.8 Å². The first-order valence-electron chi connectivity index (χ1n) is 2.17. The van der Waals surface area contributed by atoms with Crippen LogP contribution >= 0.6 is 0 Å². The quantitative estimate of drug-likeness (QED) is 0.633. The molecule has 1 rings (SSSR count). The van der Waals surface area contributed by atoms with E-state index in [4.69, 9.17) is 0 Å². The van der Waals surface area contributed by atoms with Crippen molar-refractivity contribution < 1.29 is 21.1 Å². The molecule has 8 heavy (non-hydrogen) atoms. The van der Waals surface area contributed by atoms with Gasteiger partial charge in [0.15, 0.2) is 0 Å². The fourth-order valence-corrected chi connectivity index (χ4v) is 0.486. The maximum absolute atomic E-state index is 3.88. The minimum atomic E-state index is 0. The monoisotopic (exact) mass is 279 g/mol. The molecule has 0 saturated carbocycles. The van der Waals surface area contributed by atoms with Crippen LogP contribution in [-0.4, -0.2) is 9.78 Å². The number of hydrogen-bond acceptors (Lipinski definition) is 1. The van der Waals surface area contributed by atoms with Gasteiger partial charge >= 0.3 is 0 Å². The summed E-state index contributed by atoms with van der Waals surface area (Å²) < 4.78 is 1.66. The van der Waals surface area contributed by atoms with Crippen molar-refractivity contribution in [2.75, 3.05) is 0 Å². The fourth-order valence-electron chi connectivity index (χ4n) is 0.486. The van der Waals surface area contributed by atoms with Crippen molar-refractivity contribution >= 4 is 0 Å². The fraction of sp³-hybridized carbons (Fsp3) is 0.400. The Bertz CT molecular complexity index is 143. The molecule has 0 saturated heterocycles. The molecule has 0 spiro atoms. The van der Waals surface area contributed by atoms with Crippen molar-refractivity contribution in [3.63, 3.8) is 0 Å². The minimum absolute atomic E-state index is 0. The van der Waals surface area contributed by atoms with Crippen LogP contribution in [-0.2, 0) is 28.1 Å². The molecular formula is C5H7N2W-. The zero-order chi connectivity index (χ0) is 5.28. The van der Waals surface area contributed by atoms with E-state index in [1.807, 2.05) is 14.0 Å². The molecule has 2 nitrogen and oxygen atoms in total. The Morgan fingerprint density at radius 1 is 1.75 bits per heavy atom. The predicted octanol–water partition coefficient (Wildman–Crippen LogP) is 0.526. The van der Waals surface area contributed by atoms with E-state index < -0.39 is 0 Å². The van der Waals surface area contributed by atoms with Gasteiger partial charge in [-0.25, -0.2) is 0 Å². The Kier molecular flexibility index (Phi) is 2.99. The van der Waals surface area contributed by atoms with Gasteiger partial charge in [-0.1, -0.05) is 6.92 Å². The van der Waals surface area contributed by atoms with E-state index in [1.54, 1.807) is 10.9 Å². The summed E-state index contributed by atoms with van der Waals surface area (Å²) in [4.78, 5) is 0. The largest absolute Gasteiger partial charge is 0.379 e. The number of rotatable bonds is 0. The van der Waals surface area contributed by atoms with Crippen LogP contribution in [0.15, 0.2) is 6.20 Å². The first-order chi connectivity index (χ1) is 3.29. The average Bonchev–Trinajstić information content (AvgIpc) is 1.87. The average molecular weight is 279 g/mol. The Balaban J connectivity index is 0.000000490.